The van der Waals surface area contributed by atoms with Crippen LogP contribution in [-0.4, -0.2) is 24.3 Å². The predicted octanol–water partition coefficient (Wildman–Crippen LogP) is 3.24. The summed E-state index contributed by atoms with van der Waals surface area (Å²) < 4.78 is 57.2. The zero-order valence-electron chi connectivity index (χ0n) is 13.1. The van der Waals surface area contributed by atoms with Gasteiger partial charge in [-0.2, -0.15) is 13.2 Å². The maximum absolute atomic E-state index is 13.3. The van der Waals surface area contributed by atoms with E-state index in [1.165, 1.54) is 0 Å². The maximum atomic E-state index is 13.3. The zero-order chi connectivity index (χ0) is 17.8. The molecular weight excluding hydrogens is 316 g/mol. The smallest absolute Gasteiger partial charge is 0.416 e. The van der Waals surface area contributed by atoms with E-state index in [4.69, 9.17) is 10.5 Å². The first kappa shape index (κ1) is 19.2. The Morgan fingerprint density at radius 2 is 1.91 bits per heavy atom. The Kier molecular flexibility index (Phi) is 5.98. The molecular formula is C15H20F4N2O2. The Labute approximate surface area is 132 Å². The number of alkyl halides is 3. The largest absolute Gasteiger partial charge is 0.444 e. The molecule has 1 unspecified atom stereocenters. The van der Waals surface area contributed by atoms with Crippen LogP contribution in [0.3, 0.4) is 0 Å². The summed E-state index contributed by atoms with van der Waals surface area (Å²) >= 11 is 0. The van der Waals surface area contributed by atoms with Crippen LogP contribution >= 0.6 is 0 Å². The van der Waals surface area contributed by atoms with Crippen LogP contribution in [0.4, 0.5) is 22.4 Å². The summed E-state index contributed by atoms with van der Waals surface area (Å²) in [6.45, 7) is 4.84. The molecule has 3 N–H and O–H groups in total. The van der Waals surface area contributed by atoms with E-state index in [0.29, 0.717) is 6.07 Å². The van der Waals surface area contributed by atoms with Gasteiger partial charge in [-0.1, -0.05) is 0 Å². The lowest BCUT2D eigenvalue weighted by Gasteiger charge is -2.23. The second-order valence-electron chi connectivity index (χ2n) is 6.08. The molecule has 4 nitrogen and oxygen atoms in total. The Bertz CT molecular complexity index is 553. The highest BCUT2D eigenvalue weighted by Gasteiger charge is 2.34. The Hall–Kier alpha value is -1.83. The summed E-state index contributed by atoms with van der Waals surface area (Å²) in [4.78, 5) is 11.7. The highest BCUT2D eigenvalue weighted by molar-refractivity contribution is 5.68. The summed E-state index contributed by atoms with van der Waals surface area (Å²) in [5, 5.41) is 2.39. The van der Waals surface area contributed by atoms with E-state index < -0.39 is 35.3 Å². The average Bonchev–Trinajstić information content (AvgIpc) is 2.34. The number of benzene rings is 1. The van der Waals surface area contributed by atoms with Crippen molar-refractivity contribution in [1.29, 1.82) is 0 Å². The van der Waals surface area contributed by atoms with Crippen LogP contribution in [0.25, 0.3) is 0 Å². The molecule has 0 spiro atoms. The van der Waals surface area contributed by atoms with Crippen molar-refractivity contribution < 1.29 is 27.1 Å². The normalized spacial score (nSPS) is 13.6. The van der Waals surface area contributed by atoms with Crippen molar-refractivity contribution in [1.82, 2.24) is 5.32 Å². The van der Waals surface area contributed by atoms with Gasteiger partial charge in [0.05, 0.1) is 5.56 Å². The molecule has 0 heterocycles. The lowest BCUT2D eigenvalue weighted by Crippen LogP contribution is -2.44. The van der Waals surface area contributed by atoms with Gasteiger partial charge in [0, 0.05) is 12.6 Å². The third kappa shape index (κ3) is 6.43. The van der Waals surface area contributed by atoms with Crippen molar-refractivity contribution in [2.75, 3.05) is 6.54 Å². The number of alkyl carbamates (subject to hydrolysis) is 1. The molecule has 8 heteroatoms. The van der Waals surface area contributed by atoms with Crippen molar-refractivity contribution in [3.63, 3.8) is 0 Å². The van der Waals surface area contributed by atoms with Crippen LogP contribution in [0.2, 0.25) is 0 Å². The number of ether oxygens (including phenoxy) is 1. The number of amides is 1. The first-order chi connectivity index (χ1) is 10.4. The molecule has 0 aliphatic heterocycles. The Balaban J connectivity index is 2.91. The fraction of sp³-hybridized carbons (Fsp3) is 0.533. The molecule has 0 bridgehead atoms. The molecule has 1 atom stereocenters. The maximum Gasteiger partial charge on any atom is 0.416 e. The molecule has 1 aromatic rings. The molecule has 0 radical (unpaired) electrons. The van der Waals surface area contributed by atoms with Gasteiger partial charge in [0.1, 0.15) is 11.4 Å². The number of rotatable bonds is 4. The minimum Gasteiger partial charge on any atom is -0.444 e. The Morgan fingerprint density at radius 1 is 1.30 bits per heavy atom. The summed E-state index contributed by atoms with van der Waals surface area (Å²) in [6, 6.07) is 1.40. The molecule has 0 aromatic heterocycles. The summed E-state index contributed by atoms with van der Waals surface area (Å²) in [5.41, 5.74) is 3.50. The van der Waals surface area contributed by atoms with Crippen LogP contribution in [0, 0.1) is 5.82 Å². The second-order valence-corrected chi connectivity index (χ2v) is 6.08. The number of carbonyl (C=O) groups excluding carboxylic acids is 1. The van der Waals surface area contributed by atoms with E-state index in [1.54, 1.807) is 20.8 Å². The van der Waals surface area contributed by atoms with E-state index in [-0.39, 0.29) is 18.5 Å². The third-order valence-corrected chi connectivity index (χ3v) is 2.84. The SMILES string of the molecule is CC(C)(C)OC(=O)NC(CN)Cc1cc(F)ccc1C(F)(F)F. The molecule has 0 aliphatic carbocycles. The van der Waals surface area contributed by atoms with Crippen molar-refractivity contribution in [2.45, 2.75) is 45.0 Å². The van der Waals surface area contributed by atoms with E-state index in [1.807, 2.05) is 0 Å². The van der Waals surface area contributed by atoms with Crippen molar-refractivity contribution in [3.8, 4) is 0 Å². The first-order valence-corrected chi connectivity index (χ1v) is 6.97. The van der Waals surface area contributed by atoms with Gasteiger partial charge < -0.3 is 15.8 Å². The minimum atomic E-state index is -4.62. The molecule has 0 saturated heterocycles. The van der Waals surface area contributed by atoms with Crippen LogP contribution in [0.15, 0.2) is 18.2 Å². The van der Waals surface area contributed by atoms with Gasteiger partial charge >= 0.3 is 12.3 Å². The van der Waals surface area contributed by atoms with Crippen LogP contribution in [0.5, 0.6) is 0 Å². The monoisotopic (exact) mass is 336 g/mol. The van der Waals surface area contributed by atoms with Crippen molar-refractivity contribution in [3.05, 3.63) is 35.1 Å². The number of carbonyl (C=O) groups is 1. The van der Waals surface area contributed by atoms with Gasteiger partial charge in [-0.05, 0) is 51.0 Å². The molecule has 1 rings (SSSR count). The highest BCUT2D eigenvalue weighted by atomic mass is 19.4. The first-order valence-electron chi connectivity index (χ1n) is 6.97. The number of nitrogens with one attached hydrogen (secondary N) is 1. The molecule has 0 saturated carbocycles. The van der Waals surface area contributed by atoms with Crippen LogP contribution in [0.1, 0.15) is 31.9 Å². The van der Waals surface area contributed by atoms with Gasteiger partial charge in [-0.3, -0.25) is 0 Å². The predicted molar refractivity (Wildman–Crippen MR) is 77.3 cm³/mol. The molecule has 1 amide bonds. The van der Waals surface area contributed by atoms with E-state index in [0.717, 1.165) is 12.1 Å². The lowest BCUT2D eigenvalue weighted by atomic mass is 9.99. The third-order valence-electron chi connectivity index (χ3n) is 2.84. The number of hydrogen-bond acceptors (Lipinski definition) is 3. The van der Waals surface area contributed by atoms with E-state index in [9.17, 15) is 22.4 Å². The molecule has 0 fully saturated rings. The standard InChI is InChI=1S/C15H20F4N2O2/c1-14(2,3)23-13(22)21-11(8-20)7-9-6-10(16)4-5-12(9)15(17,18)19/h4-6,11H,7-8,20H2,1-3H3,(H,21,22). The summed E-state index contributed by atoms with van der Waals surface area (Å²) in [6.07, 6.45) is -5.67. The fourth-order valence-electron chi connectivity index (χ4n) is 1.94. The van der Waals surface area contributed by atoms with Crippen molar-refractivity contribution in [2.24, 2.45) is 5.73 Å². The molecule has 130 valence electrons. The highest BCUT2D eigenvalue weighted by Crippen LogP contribution is 2.32. The van der Waals surface area contributed by atoms with Gasteiger partial charge in [0.15, 0.2) is 0 Å². The number of halogens is 4. The van der Waals surface area contributed by atoms with E-state index in [2.05, 4.69) is 5.32 Å². The van der Waals surface area contributed by atoms with Crippen LogP contribution < -0.4 is 11.1 Å². The zero-order valence-corrected chi connectivity index (χ0v) is 13.1. The average molecular weight is 336 g/mol. The van der Waals surface area contributed by atoms with Crippen molar-refractivity contribution >= 4 is 6.09 Å². The molecule has 1 aromatic carbocycles. The fourth-order valence-corrected chi connectivity index (χ4v) is 1.94. The topological polar surface area (TPSA) is 64.3 Å². The van der Waals surface area contributed by atoms with Gasteiger partial charge in [-0.25, -0.2) is 9.18 Å². The molecule has 23 heavy (non-hydrogen) atoms. The summed E-state index contributed by atoms with van der Waals surface area (Å²) in [5.74, 6) is -0.791. The number of nitrogens with two attached hydrogens (primary N) is 1. The van der Waals surface area contributed by atoms with E-state index >= 15 is 0 Å². The number of hydrogen-bond donors (Lipinski definition) is 2. The lowest BCUT2D eigenvalue weighted by molar-refractivity contribution is -0.138. The molecule has 0 aliphatic rings. The van der Waals surface area contributed by atoms with Gasteiger partial charge in [-0.15, -0.1) is 0 Å². The second kappa shape index (κ2) is 7.16. The van der Waals surface area contributed by atoms with Crippen LogP contribution in [-0.2, 0) is 17.3 Å². The quantitative estimate of drug-likeness (QED) is 0.830. The van der Waals surface area contributed by atoms with Gasteiger partial charge in [0.2, 0.25) is 0 Å². The summed E-state index contributed by atoms with van der Waals surface area (Å²) in [7, 11) is 0. The van der Waals surface area contributed by atoms with Gasteiger partial charge in [0.25, 0.3) is 0 Å². The Morgan fingerprint density at radius 3 is 2.39 bits per heavy atom. The minimum absolute atomic E-state index is 0.118.